The highest BCUT2D eigenvalue weighted by atomic mass is 19.1. The number of hydrogen-bond acceptors (Lipinski definition) is 4. The van der Waals surface area contributed by atoms with Crippen LogP contribution < -0.4 is 24.8 Å². The van der Waals surface area contributed by atoms with Crippen LogP contribution in [0.2, 0.25) is 0 Å². The standard InChI is InChI=1S/C19H22FN3O3/c1-21-19(22-8-7-14-3-2-4-15(20)11-14)23-9-10-24-16-5-6-17-18(12-16)26-13-25-17/h2-6,11-12H,7-10,13H2,1H3,(H2,21,22,23). The number of nitrogens with zero attached hydrogens (tertiary/aromatic N) is 1. The zero-order valence-electron chi connectivity index (χ0n) is 14.6. The number of ether oxygens (including phenoxy) is 3. The van der Waals surface area contributed by atoms with Crippen LogP contribution in [-0.4, -0.2) is 39.5 Å². The van der Waals surface area contributed by atoms with Crippen LogP contribution in [0.3, 0.4) is 0 Å². The van der Waals surface area contributed by atoms with Gasteiger partial charge in [-0.05, 0) is 36.2 Å². The summed E-state index contributed by atoms with van der Waals surface area (Å²) in [6, 6.07) is 12.1. The average molecular weight is 359 g/mol. The first-order chi connectivity index (χ1) is 12.7. The first-order valence-corrected chi connectivity index (χ1v) is 8.46. The summed E-state index contributed by atoms with van der Waals surface area (Å²) in [6.45, 7) is 1.97. The van der Waals surface area contributed by atoms with Crippen LogP contribution in [0.25, 0.3) is 0 Å². The molecule has 0 spiro atoms. The Labute approximate surface area is 152 Å². The quantitative estimate of drug-likeness (QED) is 0.451. The molecule has 138 valence electrons. The molecule has 3 rings (SSSR count). The van der Waals surface area contributed by atoms with Gasteiger partial charge in [-0.3, -0.25) is 4.99 Å². The first-order valence-electron chi connectivity index (χ1n) is 8.46. The molecule has 1 aliphatic heterocycles. The molecule has 6 nitrogen and oxygen atoms in total. The Hall–Kier alpha value is -2.96. The fraction of sp³-hybridized carbons (Fsp3) is 0.316. The normalized spacial score (nSPS) is 12.8. The number of rotatable bonds is 7. The molecule has 2 aromatic carbocycles. The smallest absolute Gasteiger partial charge is 0.231 e. The van der Waals surface area contributed by atoms with Gasteiger partial charge in [-0.1, -0.05) is 12.1 Å². The van der Waals surface area contributed by atoms with Gasteiger partial charge in [-0.15, -0.1) is 0 Å². The molecule has 0 saturated carbocycles. The Morgan fingerprint density at radius 2 is 1.96 bits per heavy atom. The minimum atomic E-state index is -0.217. The van der Waals surface area contributed by atoms with Crippen LogP contribution in [0.4, 0.5) is 4.39 Å². The molecule has 0 amide bonds. The van der Waals surface area contributed by atoms with Crippen LogP contribution in [0.15, 0.2) is 47.5 Å². The number of guanidine groups is 1. The highest BCUT2D eigenvalue weighted by Gasteiger charge is 2.13. The molecule has 0 saturated heterocycles. The van der Waals surface area contributed by atoms with E-state index in [2.05, 4.69) is 15.6 Å². The molecular formula is C19H22FN3O3. The van der Waals surface area contributed by atoms with Crippen LogP contribution in [0.1, 0.15) is 5.56 Å². The van der Waals surface area contributed by atoms with Crippen molar-refractivity contribution in [2.24, 2.45) is 4.99 Å². The fourth-order valence-corrected chi connectivity index (χ4v) is 2.54. The highest BCUT2D eigenvalue weighted by molar-refractivity contribution is 5.79. The van der Waals surface area contributed by atoms with E-state index < -0.39 is 0 Å². The lowest BCUT2D eigenvalue weighted by Crippen LogP contribution is -2.40. The third-order valence-corrected chi connectivity index (χ3v) is 3.83. The largest absolute Gasteiger partial charge is 0.492 e. The molecule has 1 heterocycles. The summed E-state index contributed by atoms with van der Waals surface area (Å²) in [5.41, 5.74) is 0.944. The van der Waals surface area contributed by atoms with E-state index in [9.17, 15) is 4.39 Å². The summed E-state index contributed by atoms with van der Waals surface area (Å²) in [4.78, 5) is 4.16. The van der Waals surface area contributed by atoms with Crippen molar-refractivity contribution in [2.45, 2.75) is 6.42 Å². The van der Waals surface area contributed by atoms with Crippen LogP contribution >= 0.6 is 0 Å². The Morgan fingerprint density at radius 3 is 2.81 bits per heavy atom. The van der Waals surface area contributed by atoms with Gasteiger partial charge in [0.15, 0.2) is 17.5 Å². The molecule has 0 bridgehead atoms. The van der Waals surface area contributed by atoms with Crippen LogP contribution in [0.5, 0.6) is 17.2 Å². The number of fused-ring (bicyclic) bond motifs is 1. The SMILES string of the molecule is CN=C(NCCOc1ccc2c(c1)OCO2)NCCc1cccc(F)c1. The molecule has 2 aromatic rings. The summed E-state index contributed by atoms with van der Waals surface area (Å²) < 4.78 is 29.4. The van der Waals surface area contributed by atoms with Crippen molar-refractivity contribution in [1.29, 1.82) is 0 Å². The molecule has 0 aromatic heterocycles. The van der Waals surface area contributed by atoms with E-state index in [-0.39, 0.29) is 12.6 Å². The number of aliphatic imine (C=N–C) groups is 1. The van der Waals surface area contributed by atoms with Crippen molar-refractivity contribution in [1.82, 2.24) is 10.6 Å². The highest BCUT2D eigenvalue weighted by Crippen LogP contribution is 2.34. The Kier molecular flexibility index (Phi) is 6.14. The summed E-state index contributed by atoms with van der Waals surface area (Å²) in [5, 5.41) is 6.37. The van der Waals surface area contributed by atoms with Crippen molar-refractivity contribution in [3.8, 4) is 17.2 Å². The first kappa shape index (κ1) is 17.8. The third-order valence-electron chi connectivity index (χ3n) is 3.83. The van der Waals surface area contributed by atoms with E-state index >= 15 is 0 Å². The van der Waals surface area contributed by atoms with Crippen molar-refractivity contribution in [3.05, 3.63) is 53.8 Å². The molecule has 0 radical (unpaired) electrons. The maximum atomic E-state index is 13.2. The summed E-state index contributed by atoms with van der Waals surface area (Å²) in [7, 11) is 1.70. The lowest BCUT2D eigenvalue weighted by Gasteiger charge is -2.12. The minimum absolute atomic E-state index is 0.217. The van der Waals surface area contributed by atoms with E-state index in [4.69, 9.17) is 14.2 Å². The van der Waals surface area contributed by atoms with Gasteiger partial charge in [-0.2, -0.15) is 0 Å². The zero-order chi connectivity index (χ0) is 18.2. The lowest BCUT2D eigenvalue weighted by atomic mass is 10.1. The number of nitrogens with one attached hydrogen (secondary N) is 2. The van der Waals surface area contributed by atoms with Gasteiger partial charge in [0.25, 0.3) is 0 Å². The van der Waals surface area contributed by atoms with Gasteiger partial charge in [0.05, 0.1) is 6.54 Å². The van der Waals surface area contributed by atoms with E-state index in [1.807, 2.05) is 24.3 Å². The third kappa shape index (κ3) is 5.02. The predicted molar refractivity (Wildman–Crippen MR) is 97.5 cm³/mol. The second-order valence-electron chi connectivity index (χ2n) is 5.67. The monoisotopic (exact) mass is 359 g/mol. The zero-order valence-corrected chi connectivity index (χ0v) is 14.6. The molecule has 0 unspecified atom stereocenters. The number of benzene rings is 2. The Bertz CT molecular complexity index is 767. The maximum absolute atomic E-state index is 13.2. The van der Waals surface area contributed by atoms with E-state index in [1.54, 1.807) is 13.1 Å². The molecule has 0 aliphatic carbocycles. The number of hydrogen-bond donors (Lipinski definition) is 2. The van der Waals surface area contributed by atoms with Crippen molar-refractivity contribution in [3.63, 3.8) is 0 Å². The van der Waals surface area contributed by atoms with E-state index in [0.29, 0.717) is 37.8 Å². The topological polar surface area (TPSA) is 64.1 Å². The number of halogens is 1. The van der Waals surface area contributed by atoms with Crippen LogP contribution in [-0.2, 0) is 6.42 Å². The fourth-order valence-electron chi connectivity index (χ4n) is 2.54. The van der Waals surface area contributed by atoms with Gasteiger partial charge in [0.2, 0.25) is 6.79 Å². The summed E-state index contributed by atoms with van der Waals surface area (Å²) >= 11 is 0. The van der Waals surface area contributed by atoms with Gasteiger partial charge >= 0.3 is 0 Å². The van der Waals surface area contributed by atoms with Gasteiger partial charge < -0.3 is 24.8 Å². The predicted octanol–water partition coefficient (Wildman–Crippen LogP) is 2.34. The van der Waals surface area contributed by atoms with E-state index in [1.165, 1.54) is 12.1 Å². The van der Waals surface area contributed by atoms with Crippen molar-refractivity contribution >= 4 is 5.96 Å². The molecule has 26 heavy (non-hydrogen) atoms. The van der Waals surface area contributed by atoms with Crippen molar-refractivity contribution in [2.75, 3.05) is 33.5 Å². The molecule has 0 fully saturated rings. The van der Waals surface area contributed by atoms with Gasteiger partial charge in [0.1, 0.15) is 18.2 Å². The molecule has 1 aliphatic rings. The van der Waals surface area contributed by atoms with Gasteiger partial charge in [-0.25, -0.2) is 4.39 Å². The maximum Gasteiger partial charge on any atom is 0.231 e. The average Bonchev–Trinajstić information content (AvgIpc) is 3.11. The summed E-state index contributed by atoms with van der Waals surface area (Å²) in [6.07, 6.45) is 0.714. The van der Waals surface area contributed by atoms with E-state index in [0.717, 1.165) is 17.1 Å². The summed E-state index contributed by atoms with van der Waals surface area (Å²) in [5.74, 6) is 2.62. The van der Waals surface area contributed by atoms with Crippen LogP contribution in [0, 0.1) is 5.82 Å². The molecule has 2 N–H and O–H groups in total. The second kappa shape index (κ2) is 8.94. The van der Waals surface area contributed by atoms with Gasteiger partial charge in [0, 0.05) is 19.7 Å². The lowest BCUT2D eigenvalue weighted by molar-refractivity contribution is 0.173. The molecule has 0 atom stereocenters. The molecular weight excluding hydrogens is 337 g/mol. The van der Waals surface area contributed by atoms with Crippen molar-refractivity contribution < 1.29 is 18.6 Å². The minimum Gasteiger partial charge on any atom is -0.492 e. The Balaban J connectivity index is 1.35. The molecule has 7 heteroatoms. The Morgan fingerprint density at radius 1 is 1.12 bits per heavy atom. The second-order valence-corrected chi connectivity index (χ2v) is 5.67.